The van der Waals surface area contributed by atoms with Gasteiger partial charge in [-0.3, -0.25) is 9.59 Å². The van der Waals surface area contributed by atoms with Gasteiger partial charge in [0.1, 0.15) is 5.60 Å². The minimum Gasteiger partial charge on any atom is -0.444 e. The van der Waals surface area contributed by atoms with Gasteiger partial charge < -0.3 is 19.9 Å². The second-order valence-electron chi connectivity index (χ2n) is 8.00. The maximum absolute atomic E-state index is 12.2. The molecule has 1 heterocycles. The first-order chi connectivity index (χ1) is 13.6. The molecule has 1 aromatic carbocycles. The summed E-state index contributed by atoms with van der Waals surface area (Å²) >= 11 is 1.02. The first-order valence-corrected chi connectivity index (χ1v) is 10.8. The van der Waals surface area contributed by atoms with E-state index in [0.29, 0.717) is 19.6 Å². The number of carbonyl (C=O) groups excluding carboxylic acids is 3. The van der Waals surface area contributed by atoms with Crippen LogP contribution in [0.15, 0.2) is 24.3 Å². The number of piperazine rings is 1. The van der Waals surface area contributed by atoms with Crippen molar-refractivity contribution >= 4 is 34.6 Å². The largest absolute Gasteiger partial charge is 0.444 e. The number of thioether (sulfide) groups is 1. The molecule has 29 heavy (non-hydrogen) atoms. The topological polar surface area (TPSA) is 79.0 Å². The molecular formula is C21H31N3O4S. The van der Waals surface area contributed by atoms with E-state index in [-0.39, 0.29) is 22.9 Å². The summed E-state index contributed by atoms with van der Waals surface area (Å²) in [5.74, 6) is 0.0495. The number of hydrogen-bond acceptors (Lipinski definition) is 6. The van der Waals surface area contributed by atoms with E-state index in [0.717, 1.165) is 42.5 Å². The van der Waals surface area contributed by atoms with Gasteiger partial charge in [0.2, 0.25) is 5.91 Å². The molecule has 0 saturated carbocycles. The Morgan fingerprint density at radius 2 is 1.69 bits per heavy atom. The third-order valence-corrected chi connectivity index (χ3v) is 5.19. The van der Waals surface area contributed by atoms with Gasteiger partial charge in [0, 0.05) is 45.3 Å². The molecular weight excluding hydrogens is 390 g/mol. The Hall–Kier alpha value is -2.22. The Morgan fingerprint density at radius 3 is 2.24 bits per heavy atom. The summed E-state index contributed by atoms with van der Waals surface area (Å²) in [7, 11) is 0. The number of nitrogens with one attached hydrogen (secondary N) is 1. The van der Waals surface area contributed by atoms with E-state index in [1.165, 1.54) is 6.92 Å². The molecule has 7 nitrogen and oxygen atoms in total. The SMILES string of the molecule is CC(=O)SCC(=O)NCCc1ccc(N2CCN(C(=O)OC(C)(C)C)CC2)cc1. The van der Waals surface area contributed by atoms with Crippen molar-refractivity contribution in [1.29, 1.82) is 0 Å². The molecule has 0 unspecified atom stereocenters. The summed E-state index contributed by atoms with van der Waals surface area (Å²) in [6.45, 7) is 10.4. The van der Waals surface area contributed by atoms with E-state index in [1.54, 1.807) is 4.90 Å². The minimum atomic E-state index is -0.476. The zero-order chi connectivity index (χ0) is 21.4. The highest BCUT2D eigenvalue weighted by molar-refractivity contribution is 8.14. The van der Waals surface area contributed by atoms with Gasteiger partial charge in [-0.25, -0.2) is 4.79 Å². The van der Waals surface area contributed by atoms with Crippen molar-refractivity contribution in [2.45, 2.75) is 39.7 Å². The van der Waals surface area contributed by atoms with E-state index in [4.69, 9.17) is 4.74 Å². The molecule has 1 aliphatic rings. The summed E-state index contributed by atoms with van der Waals surface area (Å²) in [6.07, 6.45) is 0.486. The van der Waals surface area contributed by atoms with Crippen LogP contribution < -0.4 is 10.2 Å². The molecule has 1 aromatic rings. The highest BCUT2D eigenvalue weighted by Gasteiger charge is 2.25. The van der Waals surface area contributed by atoms with Crippen LogP contribution in [0, 0.1) is 0 Å². The fourth-order valence-corrected chi connectivity index (χ4v) is 3.35. The lowest BCUT2D eigenvalue weighted by Gasteiger charge is -2.36. The van der Waals surface area contributed by atoms with E-state index >= 15 is 0 Å². The van der Waals surface area contributed by atoms with Gasteiger partial charge in [-0.05, 0) is 44.9 Å². The molecule has 1 saturated heterocycles. The first kappa shape index (κ1) is 23.1. The zero-order valence-corrected chi connectivity index (χ0v) is 18.5. The van der Waals surface area contributed by atoms with Crippen LogP contribution in [0.4, 0.5) is 10.5 Å². The van der Waals surface area contributed by atoms with Crippen molar-refractivity contribution in [1.82, 2.24) is 10.2 Å². The van der Waals surface area contributed by atoms with Crippen LogP contribution in [0.5, 0.6) is 0 Å². The average Bonchev–Trinajstić information content (AvgIpc) is 2.66. The van der Waals surface area contributed by atoms with E-state index in [2.05, 4.69) is 34.5 Å². The van der Waals surface area contributed by atoms with Crippen molar-refractivity contribution in [3.8, 4) is 0 Å². The molecule has 0 aliphatic carbocycles. The number of rotatable bonds is 6. The van der Waals surface area contributed by atoms with E-state index in [1.807, 2.05) is 20.8 Å². The number of hydrogen-bond donors (Lipinski definition) is 1. The Morgan fingerprint density at radius 1 is 1.07 bits per heavy atom. The number of nitrogens with zero attached hydrogens (tertiary/aromatic N) is 2. The molecule has 2 rings (SSSR count). The summed E-state index contributed by atoms with van der Waals surface area (Å²) < 4.78 is 5.44. The molecule has 2 amide bonds. The highest BCUT2D eigenvalue weighted by Crippen LogP contribution is 2.19. The van der Waals surface area contributed by atoms with Crippen LogP contribution in [0.25, 0.3) is 0 Å². The predicted octanol–water partition coefficient (Wildman–Crippen LogP) is 2.68. The molecule has 0 atom stereocenters. The predicted molar refractivity (Wildman–Crippen MR) is 116 cm³/mol. The van der Waals surface area contributed by atoms with Crippen molar-refractivity contribution in [3.63, 3.8) is 0 Å². The van der Waals surface area contributed by atoms with Crippen molar-refractivity contribution < 1.29 is 19.1 Å². The lowest BCUT2D eigenvalue weighted by atomic mass is 10.1. The molecule has 1 aliphatic heterocycles. The number of ether oxygens (including phenoxy) is 1. The molecule has 0 radical (unpaired) electrons. The van der Waals surface area contributed by atoms with Crippen LogP contribution in [0.2, 0.25) is 0 Å². The third kappa shape index (κ3) is 8.35. The monoisotopic (exact) mass is 421 g/mol. The van der Waals surface area contributed by atoms with Crippen LogP contribution in [-0.2, 0) is 20.7 Å². The molecule has 0 aromatic heterocycles. The lowest BCUT2D eigenvalue weighted by Crippen LogP contribution is -2.50. The second kappa shape index (κ2) is 10.5. The quantitative estimate of drug-likeness (QED) is 0.761. The van der Waals surface area contributed by atoms with Gasteiger partial charge in [-0.2, -0.15) is 0 Å². The van der Waals surface area contributed by atoms with Gasteiger partial charge in [0.15, 0.2) is 5.12 Å². The Balaban J connectivity index is 1.74. The van der Waals surface area contributed by atoms with Crippen molar-refractivity contribution in [3.05, 3.63) is 29.8 Å². The van der Waals surface area contributed by atoms with Gasteiger partial charge in [-0.15, -0.1) is 0 Å². The molecule has 0 bridgehead atoms. The Labute approximate surface area is 177 Å². The molecule has 160 valence electrons. The summed E-state index contributed by atoms with van der Waals surface area (Å²) in [6, 6.07) is 8.27. The van der Waals surface area contributed by atoms with E-state index < -0.39 is 5.60 Å². The van der Waals surface area contributed by atoms with Crippen LogP contribution in [0.1, 0.15) is 33.3 Å². The normalized spacial score (nSPS) is 14.5. The average molecular weight is 422 g/mol. The zero-order valence-electron chi connectivity index (χ0n) is 17.7. The standard InChI is InChI=1S/C21H31N3O4S/c1-16(25)29-15-19(26)22-10-9-17-5-7-18(8-6-17)23-11-13-24(14-12-23)20(27)28-21(2,3)4/h5-8H,9-15H2,1-4H3,(H,22,26). The van der Waals surface area contributed by atoms with Crippen LogP contribution >= 0.6 is 11.8 Å². The van der Waals surface area contributed by atoms with Crippen molar-refractivity contribution in [2.24, 2.45) is 0 Å². The maximum Gasteiger partial charge on any atom is 0.410 e. The first-order valence-electron chi connectivity index (χ1n) is 9.86. The summed E-state index contributed by atoms with van der Waals surface area (Å²) in [5, 5.41) is 2.77. The molecule has 1 fully saturated rings. The second-order valence-corrected chi connectivity index (χ2v) is 9.15. The van der Waals surface area contributed by atoms with Gasteiger partial charge in [0.25, 0.3) is 0 Å². The maximum atomic E-state index is 12.2. The Kier molecular flexibility index (Phi) is 8.37. The number of anilines is 1. The third-order valence-electron chi connectivity index (χ3n) is 4.38. The smallest absolute Gasteiger partial charge is 0.410 e. The van der Waals surface area contributed by atoms with Crippen LogP contribution in [-0.4, -0.2) is 66.1 Å². The van der Waals surface area contributed by atoms with Gasteiger partial charge >= 0.3 is 6.09 Å². The summed E-state index contributed by atoms with van der Waals surface area (Å²) in [4.78, 5) is 38.7. The fraction of sp³-hybridized carbons (Fsp3) is 0.571. The minimum absolute atomic E-state index is 0.0531. The lowest BCUT2D eigenvalue weighted by molar-refractivity contribution is -0.118. The molecule has 1 N–H and O–H groups in total. The van der Waals surface area contributed by atoms with Gasteiger partial charge in [0.05, 0.1) is 5.75 Å². The molecule has 8 heteroatoms. The number of benzene rings is 1. The number of carbonyl (C=O) groups is 3. The number of amides is 2. The fourth-order valence-electron chi connectivity index (χ4n) is 2.91. The van der Waals surface area contributed by atoms with Crippen molar-refractivity contribution in [2.75, 3.05) is 43.4 Å². The molecule has 0 spiro atoms. The van der Waals surface area contributed by atoms with Crippen LogP contribution in [0.3, 0.4) is 0 Å². The van der Waals surface area contributed by atoms with E-state index in [9.17, 15) is 14.4 Å². The Bertz CT molecular complexity index is 708. The highest BCUT2D eigenvalue weighted by atomic mass is 32.2. The summed E-state index contributed by atoms with van der Waals surface area (Å²) in [5.41, 5.74) is 1.79. The van der Waals surface area contributed by atoms with Gasteiger partial charge in [-0.1, -0.05) is 23.9 Å².